The summed E-state index contributed by atoms with van der Waals surface area (Å²) in [6.45, 7) is 7.86. The van der Waals surface area contributed by atoms with E-state index in [0.717, 1.165) is 66.9 Å². The quantitative estimate of drug-likeness (QED) is 0.338. The largest absolute Gasteiger partial charge is 0.497 e. The van der Waals surface area contributed by atoms with Gasteiger partial charge in [0.1, 0.15) is 11.4 Å². The monoisotopic (exact) mass is 490 g/mol. The Kier molecular flexibility index (Phi) is 7.13. The molecule has 182 valence electrons. The SMILES string of the molecule is CCOC(=O)c1csc2nc(CN3CCN(Cc4ccccc4)CC3)c(-c3ccc(OC)cc3)n12. The van der Waals surface area contributed by atoms with Gasteiger partial charge in [0, 0.05) is 50.2 Å². The minimum Gasteiger partial charge on any atom is -0.497 e. The van der Waals surface area contributed by atoms with Crippen LogP contribution < -0.4 is 4.74 Å². The van der Waals surface area contributed by atoms with Gasteiger partial charge in [0.05, 0.1) is 25.1 Å². The molecule has 0 bridgehead atoms. The Morgan fingerprint density at radius 1 is 0.971 bits per heavy atom. The molecule has 2 aromatic carbocycles. The van der Waals surface area contributed by atoms with Gasteiger partial charge < -0.3 is 9.47 Å². The Balaban J connectivity index is 1.40. The lowest BCUT2D eigenvalue weighted by Crippen LogP contribution is -2.45. The van der Waals surface area contributed by atoms with Gasteiger partial charge in [-0.3, -0.25) is 14.2 Å². The van der Waals surface area contributed by atoms with E-state index in [2.05, 4.69) is 40.1 Å². The molecule has 0 saturated carbocycles. The number of aromatic nitrogens is 2. The van der Waals surface area contributed by atoms with E-state index >= 15 is 0 Å². The van der Waals surface area contributed by atoms with Gasteiger partial charge in [-0.25, -0.2) is 9.78 Å². The van der Waals surface area contributed by atoms with Gasteiger partial charge in [0.15, 0.2) is 4.96 Å². The van der Waals surface area contributed by atoms with Crippen molar-refractivity contribution in [3.8, 4) is 17.0 Å². The predicted molar refractivity (Wildman–Crippen MR) is 138 cm³/mol. The standard InChI is InChI=1S/C27H30N4O3S/c1-3-34-26(32)24-19-35-27-28-23(25(31(24)27)21-9-11-22(33-2)12-10-21)18-30-15-13-29(14-16-30)17-20-7-5-4-6-8-20/h4-12,19H,3,13-18H2,1-2H3. The summed E-state index contributed by atoms with van der Waals surface area (Å²) in [7, 11) is 1.66. The number of esters is 1. The number of rotatable bonds is 8. The molecule has 0 radical (unpaired) electrons. The van der Waals surface area contributed by atoms with Gasteiger partial charge in [-0.05, 0) is 36.8 Å². The van der Waals surface area contributed by atoms with Crippen molar-refractivity contribution in [1.29, 1.82) is 0 Å². The van der Waals surface area contributed by atoms with E-state index in [1.165, 1.54) is 16.9 Å². The van der Waals surface area contributed by atoms with Crippen LogP contribution in [-0.4, -0.2) is 65.0 Å². The van der Waals surface area contributed by atoms with E-state index in [-0.39, 0.29) is 5.97 Å². The molecule has 1 aliphatic heterocycles. The fourth-order valence-corrected chi connectivity index (χ4v) is 5.44. The maximum atomic E-state index is 12.7. The molecule has 4 aromatic rings. The van der Waals surface area contributed by atoms with Crippen molar-refractivity contribution in [1.82, 2.24) is 19.2 Å². The fraction of sp³-hybridized carbons (Fsp3) is 0.333. The molecule has 1 fully saturated rings. The number of methoxy groups -OCH3 is 1. The maximum absolute atomic E-state index is 12.7. The van der Waals surface area contributed by atoms with Crippen LogP contribution in [0, 0.1) is 0 Å². The Morgan fingerprint density at radius 2 is 1.66 bits per heavy atom. The lowest BCUT2D eigenvalue weighted by molar-refractivity contribution is 0.0518. The van der Waals surface area contributed by atoms with E-state index in [9.17, 15) is 4.79 Å². The van der Waals surface area contributed by atoms with Gasteiger partial charge in [-0.15, -0.1) is 11.3 Å². The number of hydrogen-bond acceptors (Lipinski definition) is 7. The molecule has 35 heavy (non-hydrogen) atoms. The van der Waals surface area contributed by atoms with Crippen molar-refractivity contribution < 1.29 is 14.3 Å². The van der Waals surface area contributed by atoms with Crippen LogP contribution in [0.2, 0.25) is 0 Å². The predicted octanol–water partition coefficient (Wildman–Crippen LogP) is 4.57. The molecule has 0 spiro atoms. The zero-order valence-electron chi connectivity index (χ0n) is 20.1. The smallest absolute Gasteiger partial charge is 0.356 e. The molecule has 0 N–H and O–H groups in total. The molecule has 8 heteroatoms. The zero-order chi connectivity index (χ0) is 24.2. The van der Waals surface area contributed by atoms with Crippen LogP contribution in [0.4, 0.5) is 0 Å². The number of piperazine rings is 1. The molecule has 2 aromatic heterocycles. The Hall–Kier alpha value is -3.20. The molecule has 7 nitrogen and oxygen atoms in total. The second kappa shape index (κ2) is 10.6. The number of hydrogen-bond donors (Lipinski definition) is 0. The first-order valence-electron chi connectivity index (χ1n) is 11.9. The number of nitrogens with zero attached hydrogens (tertiary/aromatic N) is 4. The maximum Gasteiger partial charge on any atom is 0.356 e. The molecule has 0 amide bonds. The highest BCUT2D eigenvalue weighted by Crippen LogP contribution is 2.32. The lowest BCUT2D eigenvalue weighted by Gasteiger charge is -2.34. The molecule has 5 rings (SSSR count). The summed E-state index contributed by atoms with van der Waals surface area (Å²) in [5, 5.41) is 1.83. The number of carbonyl (C=O) groups excluding carboxylic acids is 1. The summed E-state index contributed by atoms with van der Waals surface area (Å²) >= 11 is 1.47. The molecular weight excluding hydrogens is 460 g/mol. The third-order valence-corrected chi connectivity index (χ3v) is 7.20. The molecule has 0 atom stereocenters. The first kappa shape index (κ1) is 23.5. The topological polar surface area (TPSA) is 59.3 Å². The van der Waals surface area contributed by atoms with Gasteiger partial charge in [0.25, 0.3) is 0 Å². The first-order valence-corrected chi connectivity index (χ1v) is 12.8. The third kappa shape index (κ3) is 5.10. The van der Waals surface area contributed by atoms with E-state index in [1.807, 2.05) is 41.0 Å². The van der Waals surface area contributed by atoms with E-state index in [1.54, 1.807) is 7.11 Å². The van der Waals surface area contributed by atoms with Crippen LogP contribution in [0.15, 0.2) is 60.0 Å². The molecular formula is C27H30N4O3S. The summed E-state index contributed by atoms with van der Waals surface area (Å²) in [6, 6.07) is 18.6. The lowest BCUT2D eigenvalue weighted by atomic mass is 10.1. The second-order valence-electron chi connectivity index (χ2n) is 8.63. The average molecular weight is 491 g/mol. The van der Waals surface area contributed by atoms with Crippen LogP contribution in [0.25, 0.3) is 16.2 Å². The van der Waals surface area contributed by atoms with E-state index < -0.39 is 0 Å². The summed E-state index contributed by atoms with van der Waals surface area (Å²) in [5.74, 6) is 0.466. The minimum absolute atomic E-state index is 0.327. The number of imidazole rings is 1. The average Bonchev–Trinajstić information content (AvgIpc) is 3.45. The van der Waals surface area contributed by atoms with Crippen molar-refractivity contribution in [2.45, 2.75) is 20.0 Å². The normalized spacial score (nSPS) is 14.9. The highest BCUT2D eigenvalue weighted by molar-refractivity contribution is 7.15. The fourth-order valence-electron chi connectivity index (χ4n) is 4.57. The molecule has 1 saturated heterocycles. The van der Waals surface area contributed by atoms with Crippen molar-refractivity contribution in [2.24, 2.45) is 0 Å². The number of ether oxygens (including phenoxy) is 2. The van der Waals surface area contributed by atoms with Gasteiger partial charge in [0.2, 0.25) is 0 Å². The molecule has 1 aliphatic rings. The van der Waals surface area contributed by atoms with Gasteiger partial charge >= 0.3 is 5.97 Å². The first-order chi connectivity index (χ1) is 17.2. The number of fused-ring (bicyclic) bond motifs is 1. The Morgan fingerprint density at radius 3 is 2.31 bits per heavy atom. The van der Waals surface area contributed by atoms with Crippen molar-refractivity contribution in [3.63, 3.8) is 0 Å². The molecule has 3 heterocycles. The van der Waals surface area contributed by atoms with E-state index in [4.69, 9.17) is 14.5 Å². The van der Waals surface area contributed by atoms with Gasteiger partial charge in [-0.2, -0.15) is 0 Å². The van der Waals surface area contributed by atoms with Crippen LogP contribution in [0.3, 0.4) is 0 Å². The number of thiazole rings is 1. The zero-order valence-corrected chi connectivity index (χ0v) is 21.0. The highest BCUT2D eigenvalue weighted by atomic mass is 32.1. The highest BCUT2D eigenvalue weighted by Gasteiger charge is 2.25. The minimum atomic E-state index is -0.327. The van der Waals surface area contributed by atoms with E-state index in [0.29, 0.717) is 12.3 Å². The molecule has 0 aliphatic carbocycles. The summed E-state index contributed by atoms with van der Waals surface area (Å²) in [6.07, 6.45) is 0. The van der Waals surface area contributed by atoms with Crippen LogP contribution in [-0.2, 0) is 17.8 Å². The summed E-state index contributed by atoms with van der Waals surface area (Å²) < 4.78 is 12.6. The molecule has 0 unspecified atom stereocenters. The summed E-state index contributed by atoms with van der Waals surface area (Å²) in [4.78, 5) is 23.4. The number of carbonyl (C=O) groups is 1. The Labute approximate surface area is 209 Å². The third-order valence-electron chi connectivity index (χ3n) is 6.37. The van der Waals surface area contributed by atoms with Crippen molar-refractivity contribution in [2.75, 3.05) is 39.9 Å². The van der Waals surface area contributed by atoms with Crippen molar-refractivity contribution >= 4 is 22.3 Å². The number of benzene rings is 2. The van der Waals surface area contributed by atoms with Crippen LogP contribution in [0.5, 0.6) is 5.75 Å². The Bertz CT molecular complexity index is 1280. The van der Waals surface area contributed by atoms with Crippen molar-refractivity contribution in [3.05, 3.63) is 76.9 Å². The summed E-state index contributed by atoms with van der Waals surface area (Å²) in [5.41, 5.74) is 4.79. The second-order valence-corrected chi connectivity index (χ2v) is 9.47. The van der Waals surface area contributed by atoms with Crippen LogP contribution >= 0.6 is 11.3 Å². The van der Waals surface area contributed by atoms with Crippen LogP contribution in [0.1, 0.15) is 28.7 Å². The van der Waals surface area contributed by atoms with Gasteiger partial charge in [-0.1, -0.05) is 30.3 Å².